The van der Waals surface area contributed by atoms with Crippen molar-refractivity contribution in [3.63, 3.8) is 0 Å². The zero-order chi connectivity index (χ0) is 14.5. The average molecular weight is 344 g/mol. The van der Waals surface area contributed by atoms with Gasteiger partial charge in [-0.3, -0.25) is 4.90 Å². The maximum absolute atomic E-state index is 12.7. The van der Waals surface area contributed by atoms with Crippen LogP contribution >= 0.6 is 15.9 Å². The third kappa shape index (κ3) is 6.03. The maximum atomic E-state index is 12.7. The van der Waals surface area contributed by atoms with Crippen LogP contribution < -0.4 is 0 Å². The van der Waals surface area contributed by atoms with Gasteiger partial charge < -0.3 is 0 Å². The molecule has 0 bridgehead atoms. The Hall–Kier alpha value is 0.230. The van der Waals surface area contributed by atoms with E-state index in [9.17, 15) is 13.2 Å². The summed E-state index contributed by atoms with van der Waals surface area (Å²) in [4.78, 5) is 1.59. The van der Waals surface area contributed by atoms with Crippen LogP contribution in [0.3, 0.4) is 0 Å². The molecule has 0 radical (unpaired) electrons. The van der Waals surface area contributed by atoms with Gasteiger partial charge in [-0.2, -0.15) is 13.2 Å². The number of nitrogens with zero attached hydrogens (tertiary/aromatic N) is 1. The Kier molecular flexibility index (Phi) is 6.64. The second-order valence-corrected chi connectivity index (χ2v) is 6.72. The van der Waals surface area contributed by atoms with Crippen LogP contribution in [0.25, 0.3) is 0 Å². The third-order valence-corrected chi connectivity index (χ3v) is 5.29. The summed E-state index contributed by atoms with van der Waals surface area (Å²) in [6.07, 6.45) is 2.69. The molecule has 0 aromatic heterocycles. The molecule has 0 N–H and O–H groups in total. The van der Waals surface area contributed by atoms with Gasteiger partial charge in [0.15, 0.2) is 0 Å². The van der Waals surface area contributed by atoms with Crippen molar-refractivity contribution in [1.82, 2.24) is 4.90 Å². The lowest BCUT2D eigenvalue weighted by molar-refractivity contribution is -0.153. The molecule has 0 amide bonds. The Morgan fingerprint density at radius 1 is 1.11 bits per heavy atom. The number of hydrogen-bond acceptors (Lipinski definition) is 1. The van der Waals surface area contributed by atoms with Crippen molar-refractivity contribution in [1.29, 1.82) is 0 Å². The molecule has 1 rings (SSSR count). The quantitative estimate of drug-likeness (QED) is 0.501. The number of alkyl halides is 4. The van der Waals surface area contributed by atoms with E-state index in [1.54, 1.807) is 4.90 Å². The van der Waals surface area contributed by atoms with E-state index in [0.717, 1.165) is 31.0 Å². The molecule has 1 saturated carbocycles. The molecule has 1 aliphatic rings. The van der Waals surface area contributed by atoms with E-state index < -0.39 is 12.7 Å². The molecule has 5 heteroatoms. The highest BCUT2D eigenvalue weighted by molar-refractivity contribution is 9.09. The van der Waals surface area contributed by atoms with Crippen LogP contribution in [0.2, 0.25) is 0 Å². The Balaban J connectivity index is 2.73. The zero-order valence-corrected chi connectivity index (χ0v) is 13.5. The fourth-order valence-corrected chi connectivity index (χ4v) is 3.63. The molecule has 0 aromatic carbocycles. The first-order chi connectivity index (χ1) is 8.78. The molecule has 0 heterocycles. The molecule has 114 valence electrons. The van der Waals surface area contributed by atoms with Gasteiger partial charge in [-0.1, -0.05) is 41.6 Å². The molecule has 0 unspecified atom stereocenters. The van der Waals surface area contributed by atoms with Crippen LogP contribution in [-0.4, -0.2) is 35.5 Å². The van der Waals surface area contributed by atoms with Crippen molar-refractivity contribution in [2.75, 3.05) is 18.4 Å². The number of rotatable bonds is 5. The molecule has 19 heavy (non-hydrogen) atoms. The average Bonchev–Trinajstić information content (AvgIpc) is 2.52. The highest BCUT2D eigenvalue weighted by Gasteiger charge is 2.37. The van der Waals surface area contributed by atoms with Crippen molar-refractivity contribution in [3.05, 3.63) is 0 Å². The minimum Gasteiger partial charge on any atom is -0.292 e. The van der Waals surface area contributed by atoms with Crippen LogP contribution in [0.4, 0.5) is 13.2 Å². The Labute approximate surface area is 123 Å². The third-order valence-electron chi connectivity index (χ3n) is 4.10. The monoisotopic (exact) mass is 343 g/mol. The van der Waals surface area contributed by atoms with Gasteiger partial charge >= 0.3 is 6.18 Å². The summed E-state index contributed by atoms with van der Waals surface area (Å²) in [5.41, 5.74) is 0.0199. The van der Waals surface area contributed by atoms with Crippen LogP contribution in [0.5, 0.6) is 0 Å². The van der Waals surface area contributed by atoms with E-state index >= 15 is 0 Å². The summed E-state index contributed by atoms with van der Waals surface area (Å²) in [7, 11) is 0. The van der Waals surface area contributed by atoms with Gasteiger partial charge in [0.05, 0.1) is 6.54 Å². The summed E-state index contributed by atoms with van der Waals surface area (Å²) >= 11 is 3.55. The Bertz CT molecular complexity index is 258. The van der Waals surface area contributed by atoms with Crippen molar-refractivity contribution >= 4 is 15.9 Å². The SMILES string of the molecule is CC(C)N(CC(F)(F)F)CC1(CBr)CCCCCC1. The van der Waals surface area contributed by atoms with Crippen LogP contribution in [0.15, 0.2) is 0 Å². The Morgan fingerprint density at radius 2 is 1.63 bits per heavy atom. The smallest absolute Gasteiger partial charge is 0.292 e. The van der Waals surface area contributed by atoms with Crippen LogP contribution in [0, 0.1) is 5.41 Å². The molecule has 0 atom stereocenters. The van der Waals surface area contributed by atoms with Crippen molar-refractivity contribution in [3.8, 4) is 0 Å². The molecule has 1 aliphatic carbocycles. The molecular formula is C14H25BrF3N. The van der Waals surface area contributed by atoms with Gasteiger partial charge in [-0.15, -0.1) is 0 Å². The normalized spacial score (nSPS) is 20.8. The predicted molar refractivity (Wildman–Crippen MR) is 76.7 cm³/mol. The first kappa shape index (κ1) is 17.3. The van der Waals surface area contributed by atoms with Crippen LogP contribution in [0.1, 0.15) is 52.4 Å². The fraction of sp³-hybridized carbons (Fsp3) is 1.00. The van der Waals surface area contributed by atoms with Crippen molar-refractivity contribution in [2.24, 2.45) is 5.41 Å². The first-order valence-corrected chi connectivity index (χ1v) is 8.27. The van der Waals surface area contributed by atoms with Crippen molar-refractivity contribution in [2.45, 2.75) is 64.6 Å². The standard InChI is InChI=1S/C14H25BrF3N/c1-12(2)19(11-14(16,17)18)10-13(9-15)7-5-3-4-6-8-13/h12H,3-11H2,1-2H3. The Morgan fingerprint density at radius 3 is 2.00 bits per heavy atom. The van der Waals surface area contributed by atoms with Gasteiger partial charge in [-0.25, -0.2) is 0 Å². The number of halogens is 4. The zero-order valence-electron chi connectivity index (χ0n) is 11.9. The van der Waals surface area contributed by atoms with Gasteiger partial charge in [0, 0.05) is 17.9 Å². The minimum absolute atomic E-state index is 0.0199. The highest BCUT2D eigenvalue weighted by Crippen LogP contribution is 2.38. The van der Waals surface area contributed by atoms with Gasteiger partial charge in [0.25, 0.3) is 0 Å². The summed E-state index contributed by atoms with van der Waals surface area (Å²) in [5.74, 6) is 0. The van der Waals surface area contributed by atoms with E-state index in [1.807, 2.05) is 13.8 Å². The topological polar surface area (TPSA) is 3.24 Å². The molecule has 0 spiro atoms. The summed E-state index contributed by atoms with van der Waals surface area (Å²) in [6.45, 7) is 3.46. The summed E-state index contributed by atoms with van der Waals surface area (Å²) in [6, 6.07) is -0.0687. The van der Waals surface area contributed by atoms with Crippen molar-refractivity contribution < 1.29 is 13.2 Å². The number of hydrogen-bond donors (Lipinski definition) is 0. The minimum atomic E-state index is -4.11. The molecule has 0 aromatic rings. The van der Waals surface area contributed by atoms with Gasteiger partial charge in [0.1, 0.15) is 0 Å². The fourth-order valence-electron chi connectivity index (χ4n) is 2.89. The maximum Gasteiger partial charge on any atom is 0.401 e. The lowest BCUT2D eigenvalue weighted by Gasteiger charge is -2.39. The molecule has 0 saturated heterocycles. The second kappa shape index (κ2) is 7.30. The van der Waals surface area contributed by atoms with E-state index in [-0.39, 0.29) is 11.5 Å². The molecule has 1 nitrogen and oxygen atoms in total. The van der Waals surface area contributed by atoms with Gasteiger partial charge in [0.2, 0.25) is 0 Å². The summed E-state index contributed by atoms with van der Waals surface area (Å²) in [5, 5.41) is 0.807. The summed E-state index contributed by atoms with van der Waals surface area (Å²) < 4.78 is 38.0. The van der Waals surface area contributed by atoms with E-state index in [4.69, 9.17) is 0 Å². The van der Waals surface area contributed by atoms with Gasteiger partial charge in [-0.05, 0) is 32.1 Å². The first-order valence-electron chi connectivity index (χ1n) is 7.15. The van der Waals surface area contributed by atoms with E-state index in [1.165, 1.54) is 12.8 Å². The predicted octanol–water partition coefficient (Wildman–Crippen LogP) is 4.99. The highest BCUT2D eigenvalue weighted by atomic mass is 79.9. The molecule has 1 fully saturated rings. The largest absolute Gasteiger partial charge is 0.401 e. The lowest BCUT2D eigenvalue weighted by Crippen LogP contribution is -2.46. The molecular weight excluding hydrogens is 319 g/mol. The van der Waals surface area contributed by atoms with Crippen LogP contribution in [-0.2, 0) is 0 Å². The second-order valence-electron chi connectivity index (χ2n) is 6.16. The van der Waals surface area contributed by atoms with E-state index in [2.05, 4.69) is 15.9 Å². The lowest BCUT2D eigenvalue weighted by atomic mass is 9.81. The molecule has 0 aliphatic heterocycles. The van der Waals surface area contributed by atoms with E-state index in [0.29, 0.717) is 6.54 Å².